The molecule has 31 heavy (non-hydrogen) atoms. The van der Waals surface area contributed by atoms with Crippen molar-refractivity contribution in [1.82, 2.24) is 0 Å². The minimum absolute atomic E-state index is 0. The molecule has 186 valence electrons. The van der Waals surface area contributed by atoms with Gasteiger partial charge in [0.25, 0.3) is 0 Å². The quantitative estimate of drug-likeness (QED) is 0.305. The predicted molar refractivity (Wildman–Crippen MR) is 140 cm³/mol. The van der Waals surface area contributed by atoms with Crippen LogP contribution in [0.2, 0.25) is 0 Å². The standard InChI is InChI=1S/2C13H28N2.Zn/c2*1-10(14-12(3,4)5)9-11(2)15-13(6,7)8;/h2*10-11H,9H2,1-8H3;/q2*-2;. The number of hydrogen-bond donors (Lipinski definition) is 0. The Hall–Kier alpha value is 0.463. The van der Waals surface area contributed by atoms with E-state index >= 15 is 0 Å². The smallest absolute Gasteiger partial charge is 0 e. The van der Waals surface area contributed by atoms with Crippen LogP contribution in [0, 0.1) is 0 Å². The van der Waals surface area contributed by atoms with E-state index in [0.717, 1.165) is 12.8 Å². The summed E-state index contributed by atoms with van der Waals surface area (Å²) in [6.45, 7) is 34.5. The summed E-state index contributed by atoms with van der Waals surface area (Å²) in [4.78, 5) is 0. The van der Waals surface area contributed by atoms with Crippen LogP contribution in [0.4, 0.5) is 0 Å². The summed E-state index contributed by atoms with van der Waals surface area (Å²) in [5.41, 5.74) is 0.281. The molecule has 0 aromatic rings. The van der Waals surface area contributed by atoms with Crippen molar-refractivity contribution >= 4 is 0 Å². The van der Waals surface area contributed by atoms with Crippen LogP contribution in [0.25, 0.3) is 21.3 Å². The molecule has 0 radical (unpaired) electrons. The molecule has 0 N–H and O–H groups in total. The van der Waals surface area contributed by atoms with Gasteiger partial charge in [0.1, 0.15) is 0 Å². The van der Waals surface area contributed by atoms with Crippen LogP contribution in [0.15, 0.2) is 0 Å². The summed E-state index contributed by atoms with van der Waals surface area (Å²) >= 11 is 0. The molecule has 0 aromatic carbocycles. The van der Waals surface area contributed by atoms with E-state index in [-0.39, 0.29) is 41.6 Å². The summed E-state index contributed by atoms with van der Waals surface area (Å²) in [7, 11) is 0. The first kappa shape index (κ1) is 36.0. The molecule has 0 aliphatic carbocycles. The molecule has 0 aliphatic rings. The van der Waals surface area contributed by atoms with Crippen LogP contribution in [0.3, 0.4) is 0 Å². The molecular weight excluding hydrogens is 434 g/mol. The second-order valence-electron chi connectivity index (χ2n) is 13.1. The first-order valence-electron chi connectivity index (χ1n) is 11.9. The van der Waals surface area contributed by atoms with E-state index in [2.05, 4.69) is 111 Å². The molecule has 0 rings (SSSR count). The molecule has 4 unspecified atom stereocenters. The molecule has 4 nitrogen and oxygen atoms in total. The fourth-order valence-corrected chi connectivity index (χ4v) is 3.84. The summed E-state index contributed by atoms with van der Waals surface area (Å²) in [6.07, 6.45) is 2.10. The second-order valence-corrected chi connectivity index (χ2v) is 13.1. The monoisotopic (exact) mass is 488 g/mol. The van der Waals surface area contributed by atoms with Crippen LogP contribution in [-0.4, -0.2) is 46.3 Å². The van der Waals surface area contributed by atoms with Gasteiger partial charge in [0.05, 0.1) is 0 Å². The Labute approximate surface area is 210 Å². The summed E-state index contributed by atoms with van der Waals surface area (Å²) in [5, 5.41) is 18.9. The predicted octanol–water partition coefficient (Wildman–Crippen LogP) is 8.99. The molecule has 0 spiro atoms. The molecule has 0 aromatic heterocycles. The van der Waals surface area contributed by atoms with Gasteiger partial charge in [0.2, 0.25) is 0 Å². The van der Waals surface area contributed by atoms with Gasteiger partial charge in [-0.05, 0) is 0 Å². The van der Waals surface area contributed by atoms with Crippen LogP contribution >= 0.6 is 0 Å². The maximum atomic E-state index is 4.72. The van der Waals surface area contributed by atoms with E-state index in [0.29, 0.717) is 24.2 Å². The fourth-order valence-electron chi connectivity index (χ4n) is 3.84. The van der Waals surface area contributed by atoms with Crippen molar-refractivity contribution in [3.63, 3.8) is 0 Å². The van der Waals surface area contributed by atoms with Gasteiger partial charge in [-0.3, -0.25) is 0 Å². The van der Waals surface area contributed by atoms with Gasteiger partial charge in [-0.2, -0.15) is 0 Å². The van der Waals surface area contributed by atoms with Crippen LogP contribution in [-0.2, 0) is 19.5 Å². The van der Waals surface area contributed by atoms with E-state index < -0.39 is 0 Å². The van der Waals surface area contributed by atoms with Gasteiger partial charge >= 0.3 is 0 Å². The van der Waals surface area contributed by atoms with Crippen molar-refractivity contribution in [2.24, 2.45) is 0 Å². The van der Waals surface area contributed by atoms with Gasteiger partial charge in [-0.1, -0.05) is 124 Å². The van der Waals surface area contributed by atoms with Crippen molar-refractivity contribution in [2.45, 2.75) is 170 Å². The Morgan fingerprint density at radius 2 is 0.516 bits per heavy atom. The SMILES string of the molecule is CC(CC(C)[N-]C(C)(C)C)[N-]C(C)(C)C.CC(CC(C)[N-]C(C)(C)C)[N-]C(C)(C)C.[Zn]. The molecule has 0 aliphatic heterocycles. The molecule has 0 saturated carbocycles. The van der Waals surface area contributed by atoms with E-state index in [1.807, 2.05) is 0 Å². The fraction of sp³-hybridized carbons (Fsp3) is 1.00. The summed E-state index contributed by atoms with van der Waals surface area (Å²) < 4.78 is 0. The molecule has 0 heterocycles. The Balaban J connectivity index is -0.000000490. The zero-order valence-corrected chi connectivity index (χ0v) is 27.2. The van der Waals surface area contributed by atoms with Gasteiger partial charge < -0.3 is 21.3 Å². The number of rotatable bonds is 8. The molecule has 0 fully saturated rings. The van der Waals surface area contributed by atoms with Crippen LogP contribution in [0.1, 0.15) is 124 Å². The molecule has 0 saturated heterocycles. The van der Waals surface area contributed by atoms with Gasteiger partial charge in [0.15, 0.2) is 0 Å². The zero-order chi connectivity index (χ0) is 24.6. The van der Waals surface area contributed by atoms with E-state index in [4.69, 9.17) is 21.3 Å². The minimum Gasteiger partial charge on any atom is -0.655 e. The van der Waals surface area contributed by atoms with Crippen LogP contribution in [0.5, 0.6) is 0 Å². The van der Waals surface area contributed by atoms with Crippen LogP contribution < -0.4 is 0 Å². The molecule has 0 bridgehead atoms. The Kier molecular flexibility index (Phi) is 17.1. The molecule has 5 heteroatoms. The van der Waals surface area contributed by atoms with Crippen molar-refractivity contribution in [2.75, 3.05) is 0 Å². The summed E-state index contributed by atoms with van der Waals surface area (Å²) in [5.74, 6) is 0. The topological polar surface area (TPSA) is 56.4 Å². The van der Waals surface area contributed by atoms with Crippen molar-refractivity contribution in [3.05, 3.63) is 21.3 Å². The van der Waals surface area contributed by atoms with Crippen molar-refractivity contribution < 1.29 is 19.5 Å². The number of hydrogen-bond acceptors (Lipinski definition) is 0. The Morgan fingerprint density at radius 3 is 0.613 bits per heavy atom. The second kappa shape index (κ2) is 14.7. The first-order chi connectivity index (χ1) is 13.0. The van der Waals surface area contributed by atoms with Gasteiger partial charge in [0, 0.05) is 19.5 Å². The number of nitrogens with zero attached hydrogens (tertiary/aromatic N) is 4. The van der Waals surface area contributed by atoms with E-state index in [1.54, 1.807) is 0 Å². The third-order valence-electron chi connectivity index (χ3n) is 3.80. The third kappa shape index (κ3) is 30.5. The molecule has 0 amide bonds. The first-order valence-corrected chi connectivity index (χ1v) is 11.9. The maximum Gasteiger partial charge on any atom is 0 e. The van der Waals surface area contributed by atoms with E-state index in [9.17, 15) is 0 Å². The molecule has 4 atom stereocenters. The zero-order valence-electron chi connectivity index (χ0n) is 24.2. The third-order valence-corrected chi connectivity index (χ3v) is 3.80. The Morgan fingerprint density at radius 1 is 0.387 bits per heavy atom. The Bertz CT molecular complexity index is 356. The van der Waals surface area contributed by atoms with E-state index in [1.165, 1.54) is 0 Å². The van der Waals surface area contributed by atoms with Crippen molar-refractivity contribution in [1.29, 1.82) is 0 Å². The maximum absolute atomic E-state index is 4.72. The minimum atomic E-state index is 0. The molecular formula is C26H56N4Zn-4. The van der Waals surface area contributed by atoms with Gasteiger partial charge in [-0.15, -0.1) is 46.3 Å². The summed E-state index contributed by atoms with van der Waals surface area (Å²) in [6, 6.07) is 1.58. The average Bonchev–Trinajstić information content (AvgIpc) is 2.27. The average molecular weight is 490 g/mol. The normalized spacial score (nSPS) is 17.0. The van der Waals surface area contributed by atoms with Crippen molar-refractivity contribution in [3.8, 4) is 0 Å². The van der Waals surface area contributed by atoms with Gasteiger partial charge in [-0.25, -0.2) is 0 Å². The largest absolute Gasteiger partial charge is 0.655 e.